The van der Waals surface area contributed by atoms with E-state index in [0.717, 1.165) is 5.76 Å². The monoisotopic (exact) mass is 314 g/mol. The zero-order chi connectivity index (χ0) is 14.7. The van der Waals surface area contributed by atoms with E-state index < -0.39 is 0 Å². The molecule has 0 aromatic carbocycles. The molecule has 2 heterocycles. The van der Waals surface area contributed by atoms with E-state index in [2.05, 4.69) is 4.98 Å². The van der Waals surface area contributed by atoms with Gasteiger partial charge in [-0.25, -0.2) is 0 Å². The molecule has 0 N–H and O–H groups in total. The Morgan fingerprint density at radius 2 is 1.85 bits per heavy atom. The minimum Gasteiger partial charge on any atom is -0.491 e. The van der Waals surface area contributed by atoms with E-state index in [4.69, 9.17) is 32.7 Å². The van der Waals surface area contributed by atoms with Crippen LogP contribution in [-0.2, 0) is 9.47 Å². The smallest absolute Gasteiger partial charge is 0.176 e. The molecule has 0 spiro atoms. The zero-order valence-corrected chi connectivity index (χ0v) is 13.1. The molecule has 0 radical (unpaired) electrons. The Bertz CT molecular complexity index is 536. The second kappa shape index (κ2) is 6.37. The van der Waals surface area contributed by atoms with E-state index in [1.165, 1.54) is 0 Å². The fourth-order valence-electron chi connectivity index (χ4n) is 1.89. The molecule has 1 aromatic heterocycles. The summed E-state index contributed by atoms with van der Waals surface area (Å²) >= 11 is 12.3. The molecule has 0 saturated carbocycles. The minimum absolute atomic E-state index is 0.0828. The Hall–Kier alpha value is -1.39. The van der Waals surface area contributed by atoms with Crippen molar-refractivity contribution >= 4 is 28.9 Å². The number of pyridine rings is 1. The molecule has 2 rings (SSSR count). The average molecular weight is 315 g/mol. The number of nitrogens with zero attached hydrogens (tertiary/aromatic N) is 2. The van der Waals surface area contributed by atoms with Crippen LogP contribution in [0.2, 0.25) is 10.0 Å². The summed E-state index contributed by atoms with van der Waals surface area (Å²) in [6.45, 7) is 4.53. The highest BCUT2D eigenvalue weighted by atomic mass is 35.5. The number of hydrogen-bond donors (Lipinski definition) is 0. The van der Waals surface area contributed by atoms with Crippen LogP contribution in [0.15, 0.2) is 36.2 Å². The number of hydrogen-bond acceptors (Lipinski definition) is 4. The number of anilines is 1. The molecular weight excluding hydrogens is 299 g/mol. The van der Waals surface area contributed by atoms with Gasteiger partial charge in [-0.2, -0.15) is 0 Å². The first-order valence-electron chi connectivity index (χ1n) is 6.21. The van der Waals surface area contributed by atoms with Crippen LogP contribution < -0.4 is 4.90 Å². The molecular formula is C14H16Cl2N2O2. The fourth-order valence-corrected chi connectivity index (χ4v) is 2.47. The molecule has 0 saturated heterocycles. The van der Waals surface area contributed by atoms with Crippen molar-refractivity contribution in [1.29, 1.82) is 0 Å². The van der Waals surface area contributed by atoms with Crippen LogP contribution in [0.1, 0.15) is 13.8 Å². The van der Waals surface area contributed by atoms with Crippen LogP contribution >= 0.6 is 23.2 Å². The van der Waals surface area contributed by atoms with Crippen molar-refractivity contribution < 1.29 is 9.47 Å². The Morgan fingerprint density at radius 3 is 2.40 bits per heavy atom. The Labute approximate surface area is 128 Å². The van der Waals surface area contributed by atoms with Gasteiger partial charge in [0.1, 0.15) is 0 Å². The second-order valence-corrected chi connectivity index (χ2v) is 5.35. The molecule has 1 aliphatic heterocycles. The quantitative estimate of drug-likeness (QED) is 0.841. The summed E-state index contributed by atoms with van der Waals surface area (Å²) in [5.41, 5.74) is 0.706. The van der Waals surface area contributed by atoms with E-state index in [9.17, 15) is 0 Å². The van der Waals surface area contributed by atoms with E-state index in [0.29, 0.717) is 28.0 Å². The maximum absolute atomic E-state index is 6.16. The van der Waals surface area contributed by atoms with Gasteiger partial charge in [-0.3, -0.25) is 4.98 Å². The molecule has 0 unspecified atom stereocenters. The maximum Gasteiger partial charge on any atom is 0.176 e. The minimum atomic E-state index is 0.0828. The number of ether oxygens (including phenoxy) is 2. The van der Waals surface area contributed by atoms with Crippen LogP contribution in [-0.4, -0.2) is 24.7 Å². The van der Waals surface area contributed by atoms with Crippen LogP contribution in [0.4, 0.5) is 5.69 Å². The molecule has 0 fully saturated rings. The third-order valence-corrected chi connectivity index (χ3v) is 3.24. The molecule has 0 bridgehead atoms. The lowest BCUT2D eigenvalue weighted by Gasteiger charge is -2.27. The van der Waals surface area contributed by atoms with Gasteiger partial charge < -0.3 is 14.4 Å². The van der Waals surface area contributed by atoms with Gasteiger partial charge in [-0.1, -0.05) is 23.2 Å². The summed E-state index contributed by atoms with van der Waals surface area (Å²) in [5, 5.41) is 0.983. The molecule has 1 aromatic rings. The van der Waals surface area contributed by atoms with Crippen molar-refractivity contribution in [3.63, 3.8) is 0 Å². The molecule has 0 aliphatic carbocycles. The summed E-state index contributed by atoms with van der Waals surface area (Å²) in [5.74, 6) is 1.36. The van der Waals surface area contributed by atoms with E-state index in [-0.39, 0.29) is 6.10 Å². The van der Waals surface area contributed by atoms with Crippen LogP contribution in [0, 0.1) is 0 Å². The van der Waals surface area contributed by atoms with Gasteiger partial charge in [-0.05, 0) is 19.9 Å². The third kappa shape index (κ3) is 3.19. The highest BCUT2D eigenvalue weighted by molar-refractivity contribution is 6.39. The number of rotatable bonds is 4. The number of halogens is 2. The maximum atomic E-state index is 6.16. The van der Waals surface area contributed by atoms with E-state index in [1.807, 2.05) is 31.0 Å². The van der Waals surface area contributed by atoms with Crippen LogP contribution in [0.3, 0.4) is 0 Å². The second-order valence-electron chi connectivity index (χ2n) is 4.54. The van der Waals surface area contributed by atoms with Gasteiger partial charge in [-0.15, -0.1) is 0 Å². The number of methoxy groups -OCH3 is 1. The van der Waals surface area contributed by atoms with Crippen molar-refractivity contribution in [2.45, 2.75) is 20.0 Å². The molecule has 20 heavy (non-hydrogen) atoms. The standard InChI is InChI=1S/C14H16Cl2N2O2/c1-9(2)20-12-4-5-18(8-13(12)19-3)14-10(15)6-17-7-11(14)16/h4,6-9H,5H2,1-3H3. The van der Waals surface area contributed by atoms with Gasteiger partial charge in [0, 0.05) is 18.9 Å². The average Bonchev–Trinajstić information content (AvgIpc) is 2.39. The summed E-state index contributed by atoms with van der Waals surface area (Å²) < 4.78 is 11.1. The van der Waals surface area contributed by atoms with Crippen molar-refractivity contribution in [3.8, 4) is 0 Å². The summed E-state index contributed by atoms with van der Waals surface area (Å²) in [6, 6.07) is 0. The largest absolute Gasteiger partial charge is 0.491 e. The SMILES string of the molecule is COC1=CN(c2c(Cl)cncc2Cl)CC=C1OC(C)C. The summed E-state index contributed by atoms with van der Waals surface area (Å²) in [6.07, 6.45) is 6.97. The molecule has 108 valence electrons. The third-order valence-electron chi connectivity index (χ3n) is 2.69. The Kier molecular flexibility index (Phi) is 4.78. The lowest BCUT2D eigenvalue weighted by Crippen LogP contribution is -2.24. The number of aromatic nitrogens is 1. The molecule has 0 amide bonds. The molecule has 0 atom stereocenters. The van der Waals surface area contributed by atoms with Crippen molar-refractivity contribution in [1.82, 2.24) is 4.98 Å². The van der Waals surface area contributed by atoms with Crippen molar-refractivity contribution in [2.75, 3.05) is 18.6 Å². The predicted octanol–water partition coefficient (Wildman–Crippen LogP) is 4.01. The Morgan fingerprint density at radius 1 is 1.20 bits per heavy atom. The first kappa shape index (κ1) is 15.0. The highest BCUT2D eigenvalue weighted by Crippen LogP contribution is 2.35. The van der Waals surface area contributed by atoms with Gasteiger partial charge in [0.15, 0.2) is 11.5 Å². The van der Waals surface area contributed by atoms with Crippen LogP contribution in [0.5, 0.6) is 0 Å². The van der Waals surface area contributed by atoms with Gasteiger partial charge in [0.05, 0.1) is 35.1 Å². The van der Waals surface area contributed by atoms with Crippen molar-refractivity contribution in [2.24, 2.45) is 0 Å². The van der Waals surface area contributed by atoms with Gasteiger partial charge in [0.2, 0.25) is 0 Å². The lowest BCUT2D eigenvalue weighted by molar-refractivity contribution is 0.125. The van der Waals surface area contributed by atoms with Gasteiger partial charge in [0.25, 0.3) is 0 Å². The van der Waals surface area contributed by atoms with Gasteiger partial charge >= 0.3 is 0 Å². The van der Waals surface area contributed by atoms with Crippen molar-refractivity contribution in [3.05, 3.63) is 46.2 Å². The van der Waals surface area contributed by atoms with E-state index in [1.54, 1.807) is 19.5 Å². The lowest BCUT2D eigenvalue weighted by atomic mass is 10.2. The zero-order valence-electron chi connectivity index (χ0n) is 11.6. The van der Waals surface area contributed by atoms with Crippen LogP contribution in [0.25, 0.3) is 0 Å². The Balaban J connectivity index is 2.30. The first-order chi connectivity index (χ1) is 9.52. The summed E-state index contributed by atoms with van der Waals surface area (Å²) in [4.78, 5) is 5.85. The summed E-state index contributed by atoms with van der Waals surface area (Å²) in [7, 11) is 1.60. The normalized spacial score (nSPS) is 15.0. The topological polar surface area (TPSA) is 34.6 Å². The first-order valence-corrected chi connectivity index (χ1v) is 6.97. The molecule has 1 aliphatic rings. The highest BCUT2D eigenvalue weighted by Gasteiger charge is 2.20. The molecule has 4 nitrogen and oxygen atoms in total. The van der Waals surface area contributed by atoms with E-state index >= 15 is 0 Å². The predicted molar refractivity (Wildman–Crippen MR) is 81.0 cm³/mol. The molecule has 6 heteroatoms. The fraction of sp³-hybridized carbons (Fsp3) is 0.357.